The molecule has 0 aliphatic rings. The molecule has 0 bridgehead atoms. The average Bonchev–Trinajstić information content (AvgIpc) is 1.84. The number of amides is 2. The van der Waals surface area contributed by atoms with Crippen LogP contribution in [0.5, 0.6) is 0 Å². The zero-order valence-electron chi connectivity index (χ0n) is 4.19. The molecule has 0 radical (unpaired) electrons. The Morgan fingerprint density at radius 2 is 1.88 bits per heavy atom. The summed E-state index contributed by atoms with van der Waals surface area (Å²) in [6.07, 6.45) is 0. The lowest BCUT2D eigenvalue weighted by Gasteiger charge is -1.90. The van der Waals surface area contributed by atoms with Crippen LogP contribution in [0.25, 0.3) is 0 Å². The number of carbonyl (C=O) groups is 2. The fraction of sp³-hybridized carbons (Fsp3) is 0.333. The van der Waals surface area contributed by atoms with Crippen LogP contribution in [0.1, 0.15) is 0 Å². The van der Waals surface area contributed by atoms with Gasteiger partial charge in [0.2, 0.25) is 0 Å². The van der Waals surface area contributed by atoms with E-state index in [1.165, 1.54) is 7.05 Å². The van der Waals surface area contributed by atoms with Crippen LogP contribution in [0.3, 0.4) is 0 Å². The topological polar surface area (TPSA) is 58.2 Å². The molecule has 8 heavy (non-hydrogen) atoms. The first-order chi connectivity index (χ1) is 3.72. The first kappa shape index (κ1) is 6.87. The Balaban J connectivity index is 3.64. The highest BCUT2D eigenvalue weighted by Crippen LogP contribution is 1.62. The Morgan fingerprint density at radius 1 is 1.38 bits per heavy atom. The van der Waals surface area contributed by atoms with E-state index in [4.69, 9.17) is 0 Å². The highest BCUT2D eigenvalue weighted by atomic mass is 19.2. The Bertz CT molecular complexity index is 99.9. The predicted octanol–water partition coefficient (Wildman–Crippen LogP) is -1.27. The van der Waals surface area contributed by atoms with E-state index in [0.717, 1.165) is 0 Å². The summed E-state index contributed by atoms with van der Waals surface area (Å²) in [5.74, 6) is -2.28. The molecule has 0 atom stereocenters. The summed E-state index contributed by atoms with van der Waals surface area (Å²) in [6.45, 7) is 0. The Hall–Kier alpha value is -1.13. The highest BCUT2D eigenvalue weighted by molar-refractivity contribution is 6.34. The summed E-state index contributed by atoms with van der Waals surface area (Å²) < 4.78 is 11.0. The van der Waals surface area contributed by atoms with Crippen molar-refractivity contribution in [1.82, 2.24) is 10.9 Å². The van der Waals surface area contributed by atoms with Crippen molar-refractivity contribution >= 4 is 11.8 Å². The zero-order chi connectivity index (χ0) is 6.57. The van der Waals surface area contributed by atoms with Crippen LogP contribution in [0.4, 0.5) is 4.48 Å². The van der Waals surface area contributed by atoms with E-state index < -0.39 is 11.8 Å². The van der Waals surface area contributed by atoms with E-state index >= 15 is 0 Å². The van der Waals surface area contributed by atoms with Crippen molar-refractivity contribution in [1.29, 1.82) is 0 Å². The van der Waals surface area contributed by atoms with Crippen molar-refractivity contribution in [3.8, 4) is 0 Å². The Labute approximate surface area is 45.0 Å². The van der Waals surface area contributed by atoms with Crippen LogP contribution in [-0.2, 0) is 9.59 Å². The van der Waals surface area contributed by atoms with Gasteiger partial charge in [-0.15, -0.1) is 0 Å². The molecule has 0 aliphatic heterocycles. The lowest BCUT2D eigenvalue weighted by molar-refractivity contribution is -0.141. The lowest BCUT2D eigenvalue weighted by Crippen LogP contribution is -2.33. The fourth-order valence-corrected chi connectivity index (χ4v) is 0.156. The fourth-order valence-electron chi connectivity index (χ4n) is 0.156. The molecule has 0 spiro atoms. The minimum Gasteiger partial charge on any atom is -0.351 e. The van der Waals surface area contributed by atoms with Gasteiger partial charge in [0.1, 0.15) is 0 Å². The molecule has 2 N–H and O–H groups in total. The number of nitrogens with one attached hydrogen (secondary N) is 2. The quantitative estimate of drug-likeness (QED) is 0.309. The van der Waals surface area contributed by atoms with Gasteiger partial charge in [0.05, 0.1) is 0 Å². The number of hydrogen-bond acceptors (Lipinski definition) is 2. The van der Waals surface area contributed by atoms with Gasteiger partial charge < -0.3 is 5.32 Å². The molecule has 0 saturated heterocycles. The summed E-state index contributed by atoms with van der Waals surface area (Å²) in [5.41, 5.74) is 0.665. The third-order valence-corrected chi connectivity index (χ3v) is 0.519. The van der Waals surface area contributed by atoms with Gasteiger partial charge in [0.15, 0.2) is 0 Å². The van der Waals surface area contributed by atoms with Gasteiger partial charge in [-0.2, -0.15) is 5.54 Å². The second kappa shape index (κ2) is 2.95. The molecule has 0 aliphatic carbocycles. The summed E-state index contributed by atoms with van der Waals surface area (Å²) in [5, 5.41) is 1.92. The van der Waals surface area contributed by atoms with Crippen LogP contribution >= 0.6 is 0 Å². The van der Waals surface area contributed by atoms with Crippen LogP contribution in [-0.4, -0.2) is 18.9 Å². The molecule has 2 amide bonds. The van der Waals surface area contributed by atoms with Gasteiger partial charge in [-0.05, 0) is 0 Å². The molecule has 0 unspecified atom stereocenters. The second-order valence-corrected chi connectivity index (χ2v) is 1.00. The average molecular weight is 120 g/mol. The number of hydrogen-bond donors (Lipinski definition) is 2. The maximum atomic E-state index is 11.0. The third kappa shape index (κ3) is 1.55. The van der Waals surface area contributed by atoms with E-state index in [1.807, 2.05) is 5.32 Å². The largest absolute Gasteiger partial charge is 0.351 e. The normalized spacial score (nSPS) is 7.75. The number of rotatable bonds is 0. The smallest absolute Gasteiger partial charge is 0.336 e. The van der Waals surface area contributed by atoms with Gasteiger partial charge in [-0.1, -0.05) is 4.48 Å². The molecular weight excluding hydrogens is 115 g/mol. The Morgan fingerprint density at radius 3 is 2.00 bits per heavy atom. The van der Waals surface area contributed by atoms with Gasteiger partial charge in [0, 0.05) is 7.05 Å². The molecule has 4 nitrogen and oxygen atoms in total. The first-order valence-corrected chi connectivity index (χ1v) is 1.85. The second-order valence-electron chi connectivity index (χ2n) is 1.00. The third-order valence-electron chi connectivity index (χ3n) is 0.519. The number of carbonyl (C=O) groups excluding carboxylic acids is 2. The Kier molecular flexibility index (Phi) is 2.53. The molecule has 0 rings (SSSR count). The first-order valence-electron chi connectivity index (χ1n) is 1.85. The SMILES string of the molecule is CNC(=O)C(=O)NF. The van der Waals surface area contributed by atoms with Gasteiger partial charge in [-0.3, -0.25) is 9.59 Å². The van der Waals surface area contributed by atoms with Gasteiger partial charge >= 0.3 is 11.8 Å². The highest BCUT2D eigenvalue weighted by Gasteiger charge is 2.08. The van der Waals surface area contributed by atoms with E-state index in [2.05, 4.69) is 0 Å². The van der Waals surface area contributed by atoms with Crippen molar-refractivity contribution < 1.29 is 14.1 Å². The molecule has 0 aromatic carbocycles. The van der Waals surface area contributed by atoms with Crippen molar-refractivity contribution in [3.63, 3.8) is 0 Å². The molecule has 5 heteroatoms. The standard InChI is InChI=1S/C3H5FN2O2/c1-5-2(7)3(8)6-4/h1H3,(H,5,7)(H,6,8). The van der Waals surface area contributed by atoms with Crippen LogP contribution in [0, 0.1) is 0 Å². The minimum absolute atomic E-state index is 0.665. The molecule has 0 saturated carbocycles. The zero-order valence-corrected chi connectivity index (χ0v) is 4.19. The maximum Gasteiger partial charge on any atom is 0.336 e. The minimum atomic E-state index is -1.28. The van der Waals surface area contributed by atoms with Gasteiger partial charge in [-0.25, -0.2) is 0 Å². The van der Waals surface area contributed by atoms with Crippen LogP contribution < -0.4 is 10.9 Å². The van der Waals surface area contributed by atoms with Crippen LogP contribution in [0.15, 0.2) is 0 Å². The summed E-state index contributed by atoms with van der Waals surface area (Å²) in [6, 6.07) is 0. The summed E-state index contributed by atoms with van der Waals surface area (Å²) in [4.78, 5) is 19.8. The molecule has 0 fully saturated rings. The van der Waals surface area contributed by atoms with Crippen molar-refractivity contribution in [2.24, 2.45) is 0 Å². The number of halogens is 1. The van der Waals surface area contributed by atoms with Crippen molar-refractivity contribution in [3.05, 3.63) is 0 Å². The maximum absolute atomic E-state index is 11.0. The van der Waals surface area contributed by atoms with E-state index in [0.29, 0.717) is 5.54 Å². The molecule has 46 valence electrons. The van der Waals surface area contributed by atoms with Crippen molar-refractivity contribution in [2.45, 2.75) is 0 Å². The predicted molar refractivity (Wildman–Crippen MR) is 23.3 cm³/mol. The van der Waals surface area contributed by atoms with E-state index in [-0.39, 0.29) is 0 Å². The molecular formula is C3H5FN2O2. The summed E-state index contributed by atoms with van der Waals surface area (Å²) >= 11 is 0. The van der Waals surface area contributed by atoms with E-state index in [9.17, 15) is 14.1 Å². The van der Waals surface area contributed by atoms with Crippen molar-refractivity contribution in [2.75, 3.05) is 7.05 Å². The monoisotopic (exact) mass is 120 g/mol. The number of likely N-dealkylation sites (N-methyl/N-ethyl adjacent to an activating group) is 1. The van der Waals surface area contributed by atoms with Crippen LogP contribution in [0.2, 0.25) is 0 Å². The summed E-state index contributed by atoms with van der Waals surface area (Å²) in [7, 11) is 1.23. The molecule has 0 aromatic rings. The van der Waals surface area contributed by atoms with Gasteiger partial charge in [0.25, 0.3) is 0 Å². The van der Waals surface area contributed by atoms with E-state index in [1.54, 1.807) is 0 Å². The lowest BCUT2D eigenvalue weighted by atomic mass is 10.6. The molecule has 0 heterocycles. The molecule has 0 aromatic heterocycles.